The van der Waals surface area contributed by atoms with Gasteiger partial charge in [0.15, 0.2) is 0 Å². The molecule has 0 spiro atoms. The topological polar surface area (TPSA) is 9.86 Å². The average molecular weight is 973 g/mol. The second-order valence-electron chi connectivity index (χ2n) is 23.9. The third-order valence-corrected chi connectivity index (χ3v) is 18.5. The van der Waals surface area contributed by atoms with Crippen molar-refractivity contribution in [2.75, 3.05) is 0 Å². The minimum Gasteiger partial charge on any atom is -0.309 e. The molecule has 0 saturated heterocycles. The SMILES string of the molecule is CC(C)(C)C1(C2(C(C)(C)C)c3ccc4ccccc4c3-c3c2cc(-n2c4ccccc4c4ccccc42)c2ccccc32)c2ccc3ccccc3c2-c2c1cc(-n1c3ccccc3c3ccccc31)c1ccccc21. The van der Waals surface area contributed by atoms with Crippen LogP contribution in [0.25, 0.3) is 120 Å². The first-order chi connectivity index (χ1) is 37.0. The number of aromatic nitrogens is 2. The van der Waals surface area contributed by atoms with Gasteiger partial charge in [-0.05, 0) is 124 Å². The van der Waals surface area contributed by atoms with E-state index in [4.69, 9.17) is 0 Å². The van der Waals surface area contributed by atoms with E-state index in [9.17, 15) is 0 Å². The Kier molecular flexibility index (Phi) is 8.61. The van der Waals surface area contributed by atoms with Crippen molar-refractivity contribution in [2.45, 2.75) is 52.4 Å². The summed E-state index contributed by atoms with van der Waals surface area (Å²) in [6, 6.07) is 88.5. The molecule has 0 radical (unpaired) electrons. The largest absolute Gasteiger partial charge is 0.309 e. The maximum Gasteiger partial charge on any atom is 0.0544 e. The molecule has 16 rings (SSSR count). The van der Waals surface area contributed by atoms with Gasteiger partial charge in [-0.15, -0.1) is 0 Å². The van der Waals surface area contributed by atoms with Crippen LogP contribution in [0.2, 0.25) is 0 Å². The molecule has 0 saturated carbocycles. The van der Waals surface area contributed by atoms with E-state index >= 15 is 0 Å². The summed E-state index contributed by atoms with van der Waals surface area (Å²) in [5.74, 6) is 0. The summed E-state index contributed by atoms with van der Waals surface area (Å²) in [7, 11) is 0. The molecule has 2 unspecified atom stereocenters. The van der Waals surface area contributed by atoms with Gasteiger partial charge in [0.05, 0.1) is 33.4 Å². The fourth-order valence-electron chi connectivity index (χ4n) is 16.1. The zero-order valence-corrected chi connectivity index (χ0v) is 43.8. The van der Waals surface area contributed by atoms with E-state index in [0.29, 0.717) is 0 Å². The molecule has 2 aliphatic rings. The van der Waals surface area contributed by atoms with Gasteiger partial charge in [0.25, 0.3) is 0 Å². The van der Waals surface area contributed by atoms with Crippen LogP contribution in [0.3, 0.4) is 0 Å². The van der Waals surface area contributed by atoms with Gasteiger partial charge in [-0.25, -0.2) is 0 Å². The Morgan fingerprint density at radius 3 is 0.842 bits per heavy atom. The molecule has 2 nitrogen and oxygen atoms in total. The molecule has 2 atom stereocenters. The molecule has 2 heterocycles. The number of hydrogen-bond donors (Lipinski definition) is 0. The molecule has 0 N–H and O–H groups in total. The average Bonchev–Trinajstić information content (AvgIpc) is 4.35. The first-order valence-corrected chi connectivity index (χ1v) is 27.2. The Balaban J connectivity index is 1.18. The third-order valence-electron chi connectivity index (χ3n) is 18.5. The van der Waals surface area contributed by atoms with E-state index in [2.05, 4.69) is 281 Å². The van der Waals surface area contributed by atoms with Gasteiger partial charge in [-0.1, -0.05) is 236 Å². The van der Waals surface area contributed by atoms with Crippen LogP contribution < -0.4 is 0 Å². The van der Waals surface area contributed by atoms with Crippen LogP contribution in [0.5, 0.6) is 0 Å². The van der Waals surface area contributed by atoms with Crippen molar-refractivity contribution >= 4 is 86.7 Å². The third kappa shape index (κ3) is 5.18. The lowest BCUT2D eigenvalue weighted by atomic mass is 9.39. The predicted molar refractivity (Wildman–Crippen MR) is 323 cm³/mol. The molecule has 14 aromatic rings. The summed E-state index contributed by atoms with van der Waals surface area (Å²) in [4.78, 5) is 0. The summed E-state index contributed by atoms with van der Waals surface area (Å²) < 4.78 is 5.17. The fourth-order valence-corrected chi connectivity index (χ4v) is 16.1. The summed E-state index contributed by atoms with van der Waals surface area (Å²) >= 11 is 0. The van der Waals surface area contributed by atoms with Crippen molar-refractivity contribution in [2.24, 2.45) is 10.8 Å². The monoisotopic (exact) mass is 972 g/mol. The van der Waals surface area contributed by atoms with Crippen molar-refractivity contribution in [3.63, 3.8) is 0 Å². The highest BCUT2D eigenvalue weighted by Gasteiger charge is 2.71. The molecule has 2 heteroatoms. The number of para-hydroxylation sites is 4. The van der Waals surface area contributed by atoms with Gasteiger partial charge in [0.1, 0.15) is 0 Å². The second-order valence-corrected chi connectivity index (χ2v) is 23.9. The molecular formula is C74H56N2. The van der Waals surface area contributed by atoms with E-state index in [1.54, 1.807) is 0 Å². The minimum atomic E-state index is -0.701. The van der Waals surface area contributed by atoms with Crippen molar-refractivity contribution in [3.8, 4) is 33.6 Å². The van der Waals surface area contributed by atoms with E-state index in [0.717, 1.165) is 0 Å². The molecule has 2 aliphatic carbocycles. The Hall–Kier alpha value is -8.72. The molecule has 362 valence electrons. The molecule has 76 heavy (non-hydrogen) atoms. The number of rotatable bonds is 3. The van der Waals surface area contributed by atoms with E-state index in [1.165, 1.54) is 143 Å². The summed E-state index contributed by atoms with van der Waals surface area (Å²) in [5.41, 5.74) is 16.0. The van der Waals surface area contributed by atoms with Crippen LogP contribution in [0.15, 0.2) is 231 Å². The van der Waals surface area contributed by atoms with Crippen molar-refractivity contribution in [3.05, 3.63) is 253 Å². The lowest BCUT2D eigenvalue weighted by Crippen LogP contribution is -2.62. The Labute approximate surface area is 443 Å². The predicted octanol–water partition coefficient (Wildman–Crippen LogP) is 19.8. The maximum absolute atomic E-state index is 2.69. The van der Waals surface area contributed by atoms with Crippen LogP contribution in [0, 0.1) is 10.8 Å². The summed E-state index contributed by atoms with van der Waals surface area (Å²) in [5, 5.41) is 15.2. The first-order valence-electron chi connectivity index (χ1n) is 27.2. The molecular weight excluding hydrogens is 917 g/mol. The smallest absolute Gasteiger partial charge is 0.0544 e. The van der Waals surface area contributed by atoms with E-state index < -0.39 is 21.7 Å². The van der Waals surface area contributed by atoms with Gasteiger partial charge >= 0.3 is 0 Å². The Bertz CT molecular complexity index is 4440. The van der Waals surface area contributed by atoms with E-state index in [1.807, 2.05) is 0 Å². The number of hydrogen-bond acceptors (Lipinski definition) is 0. The van der Waals surface area contributed by atoms with Crippen molar-refractivity contribution < 1.29 is 0 Å². The highest BCUT2D eigenvalue weighted by atomic mass is 15.0. The van der Waals surface area contributed by atoms with Crippen LogP contribution in [-0.4, -0.2) is 9.13 Å². The van der Waals surface area contributed by atoms with Gasteiger partial charge in [-0.2, -0.15) is 0 Å². The first kappa shape index (κ1) is 43.7. The second kappa shape index (κ2) is 15.0. The number of nitrogens with zero attached hydrogens (tertiary/aromatic N) is 2. The lowest BCUT2D eigenvalue weighted by molar-refractivity contribution is 0.0595. The minimum absolute atomic E-state index is 0.410. The van der Waals surface area contributed by atoms with Crippen molar-refractivity contribution in [1.29, 1.82) is 0 Å². The van der Waals surface area contributed by atoms with Crippen molar-refractivity contribution in [1.82, 2.24) is 9.13 Å². The molecule has 0 amide bonds. The molecule has 0 fully saturated rings. The maximum atomic E-state index is 2.69. The Morgan fingerprint density at radius 2 is 0.513 bits per heavy atom. The number of benzene rings is 12. The molecule has 2 aromatic heterocycles. The Morgan fingerprint density at radius 1 is 0.250 bits per heavy atom. The normalized spacial score (nSPS) is 17.2. The number of fused-ring (bicyclic) bond motifs is 20. The highest BCUT2D eigenvalue weighted by molar-refractivity contribution is 6.19. The van der Waals surface area contributed by atoms with Crippen LogP contribution in [0.4, 0.5) is 0 Å². The molecule has 0 aliphatic heterocycles. The fraction of sp³-hybridized carbons (Fsp3) is 0.135. The van der Waals surface area contributed by atoms with Crippen LogP contribution in [-0.2, 0) is 10.8 Å². The summed E-state index contributed by atoms with van der Waals surface area (Å²) in [6.07, 6.45) is 0. The summed E-state index contributed by atoms with van der Waals surface area (Å²) in [6.45, 7) is 15.4. The van der Waals surface area contributed by atoms with Gasteiger partial charge < -0.3 is 9.13 Å². The molecule has 0 bridgehead atoms. The van der Waals surface area contributed by atoms with Gasteiger partial charge in [-0.3, -0.25) is 0 Å². The highest BCUT2D eigenvalue weighted by Crippen LogP contribution is 2.77. The van der Waals surface area contributed by atoms with Crippen LogP contribution >= 0.6 is 0 Å². The standard InChI is InChI=1S/C74H56N2/c1-71(2,3)73(57-41-39-45-23-7-9-25-47(45)67(57)69-55-33-13-11-31-53(55)65(43-59(69)73)75-61-35-19-15-27-49(61)50-28-16-20-36-62(50)75)74(72(4,5)6)58-42-40-46-24-8-10-26-48(46)68(58)70-56-34-14-12-32-54(56)66(44-60(70)74)76-63-37-21-17-29-51(63)52-30-18-22-38-64(52)76/h7-44H,1-6H3. The zero-order valence-electron chi connectivity index (χ0n) is 43.8. The van der Waals surface area contributed by atoms with Crippen LogP contribution in [0.1, 0.15) is 63.8 Å². The van der Waals surface area contributed by atoms with E-state index in [-0.39, 0.29) is 0 Å². The van der Waals surface area contributed by atoms with Gasteiger partial charge in [0.2, 0.25) is 0 Å². The quantitative estimate of drug-likeness (QED) is 0.167. The molecule has 12 aromatic carbocycles. The van der Waals surface area contributed by atoms with Gasteiger partial charge in [0, 0.05) is 43.1 Å². The lowest BCUT2D eigenvalue weighted by Gasteiger charge is -2.62. The zero-order chi connectivity index (χ0) is 51.0.